The first-order valence-electron chi connectivity index (χ1n) is 14.2. The highest BCUT2D eigenvalue weighted by Crippen LogP contribution is 2.67. The van der Waals surface area contributed by atoms with Crippen LogP contribution >= 0.6 is 11.8 Å². The molecular weight excluding hydrogens is 488 g/mol. The Morgan fingerprint density at radius 1 is 1.24 bits per heavy atom. The van der Waals surface area contributed by atoms with E-state index in [9.17, 15) is 19.5 Å². The maximum atomic E-state index is 14.6. The van der Waals surface area contributed by atoms with Gasteiger partial charge in [0.2, 0.25) is 11.8 Å². The number of carbonyl (C=O) groups is 3. The Balaban J connectivity index is 1.74. The number of ether oxygens (including phenoxy) is 1. The molecule has 7 nitrogen and oxygen atoms in total. The molecule has 3 heterocycles. The van der Waals surface area contributed by atoms with Crippen LogP contribution in [-0.4, -0.2) is 80.6 Å². The number of hydrogen-bond donors (Lipinski definition) is 1. The van der Waals surface area contributed by atoms with Gasteiger partial charge in [-0.15, -0.1) is 24.9 Å². The highest BCUT2D eigenvalue weighted by Gasteiger charge is 2.75. The van der Waals surface area contributed by atoms with Crippen LogP contribution in [0.2, 0.25) is 0 Å². The molecule has 7 atom stereocenters. The lowest BCUT2D eigenvalue weighted by atomic mass is 9.71. The van der Waals surface area contributed by atoms with Gasteiger partial charge in [0.25, 0.3) is 0 Å². The van der Waals surface area contributed by atoms with Crippen molar-refractivity contribution in [2.75, 3.05) is 19.8 Å². The van der Waals surface area contributed by atoms with Gasteiger partial charge in [-0.25, -0.2) is 0 Å². The van der Waals surface area contributed by atoms with Crippen LogP contribution in [0.5, 0.6) is 0 Å². The molecule has 4 fully saturated rings. The van der Waals surface area contributed by atoms with Gasteiger partial charge in [-0.3, -0.25) is 14.4 Å². The predicted molar refractivity (Wildman–Crippen MR) is 146 cm³/mol. The summed E-state index contributed by atoms with van der Waals surface area (Å²) in [7, 11) is 0. The molecule has 0 aromatic heterocycles. The molecule has 8 heteroatoms. The van der Waals surface area contributed by atoms with E-state index in [-0.39, 0.29) is 48.2 Å². The number of aliphatic hydroxyl groups is 1. The number of aliphatic hydroxyl groups excluding tert-OH is 1. The summed E-state index contributed by atoms with van der Waals surface area (Å²) in [5.74, 6) is -1.70. The van der Waals surface area contributed by atoms with Crippen molar-refractivity contribution in [2.45, 2.75) is 99.8 Å². The monoisotopic (exact) mass is 532 g/mol. The van der Waals surface area contributed by atoms with Gasteiger partial charge in [-0.1, -0.05) is 51.7 Å². The second-order valence-corrected chi connectivity index (χ2v) is 12.9. The van der Waals surface area contributed by atoms with Gasteiger partial charge >= 0.3 is 5.97 Å². The van der Waals surface area contributed by atoms with Crippen LogP contribution in [0.3, 0.4) is 0 Å². The largest absolute Gasteiger partial charge is 0.465 e. The minimum Gasteiger partial charge on any atom is -0.465 e. The van der Waals surface area contributed by atoms with Crippen molar-refractivity contribution in [3.63, 3.8) is 0 Å². The van der Waals surface area contributed by atoms with Crippen LogP contribution in [-0.2, 0) is 19.1 Å². The molecule has 2 amide bonds. The van der Waals surface area contributed by atoms with Crippen LogP contribution in [0.25, 0.3) is 0 Å². The van der Waals surface area contributed by atoms with Crippen molar-refractivity contribution in [3.05, 3.63) is 25.3 Å². The maximum Gasteiger partial charge on any atom is 0.310 e. The Hall–Kier alpha value is -1.80. The molecule has 0 aromatic rings. The molecule has 3 aliphatic heterocycles. The molecule has 4 aliphatic rings. The van der Waals surface area contributed by atoms with Gasteiger partial charge in [-0.2, -0.15) is 0 Å². The van der Waals surface area contributed by atoms with Crippen LogP contribution in [0.1, 0.15) is 71.6 Å². The Kier molecular flexibility index (Phi) is 9.10. The van der Waals surface area contributed by atoms with Crippen molar-refractivity contribution in [3.8, 4) is 0 Å². The van der Waals surface area contributed by atoms with Crippen LogP contribution in [0.15, 0.2) is 25.3 Å². The standard InChI is InChI=1S/C29H44N2O5S/c1-5-8-17-36-28(35)23-22-14-15-29(37-22)24(23)26(33)31(21(18-32)19(4)7-3)25(29)27(34)30(16-6-2)20-12-10-9-11-13-20/h5-6,19-25,32H,1-2,7-18H2,3-4H3/t19-,21-,22+,23-,24-,25?,29?/m0/s1. The van der Waals surface area contributed by atoms with E-state index in [4.69, 9.17) is 4.74 Å². The predicted octanol–water partition coefficient (Wildman–Crippen LogP) is 3.95. The number of fused-ring (bicyclic) bond motifs is 1. The summed E-state index contributed by atoms with van der Waals surface area (Å²) in [5, 5.41) is 10.5. The molecule has 0 radical (unpaired) electrons. The number of amides is 2. The summed E-state index contributed by atoms with van der Waals surface area (Å²) in [4.78, 5) is 45.8. The molecular formula is C29H44N2O5S. The number of likely N-dealkylation sites (tertiary alicyclic amines) is 1. The number of rotatable bonds is 12. The lowest BCUT2D eigenvalue weighted by molar-refractivity contribution is -0.154. The van der Waals surface area contributed by atoms with Crippen molar-refractivity contribution in [1.29, 1.82) is 0 Å². The smallest absolute Gasteiger partial charge is 0.310 e. The minimum atomic E-state index is -0.695. The second-order valence-electron chi connectivity index (χ2n) is 11.3. The summed E-state index contributed by atoms with van der Waals surface area (Å²) < 4.78 is 4.92. The zero-order chi connectivity index (χ0) is 26.7. The Morgan fingerprint density at radius 3 is 2.59 bits per heavy atom. The van der Waals surface area contributed by atoms with Gasteiger partial charge in [0.05, 0.1) is 35.8 Å². The molecule has 37 heavy (non-hydrogen) atoms. The van der Waals surface area contributed by atoms with E-state index in [0.29, 0.717) is 19.4 Å². The van der Waals surface area contributed by atoms with E-state index < -0.39 is 28.7 Å². The molecule has 4 rings (SSSR count). The lowest BCUT2D eigenvalue weighted by Crippen LogP contribution is -2.60. The molecule has 2 bridgehead atoms. The van der Waals surface area contributed by atoms with E-state index in [1.165, 1.54) is 6.42 Å². The Bertz CT molecular complexity index is 890. The first kappa shape index (κ1) is 28.2. The topological polar surface area (TPSA) is 87.1 Å². The van der Waals surface area contributed by atoms with Gasteiger partial charge in [-0.05, 0) is 38.0 Å². The molecule has 0 aromatic carbocycles. The Morgan fingerprint density at radius 2 is 1.97 bits per heavy atom. The fourth-order valence-corrected chi connectivity index (χ4v) is 9.44. The zero-order valence-electron chi connectivity index (χ0n) is 22.5. The first-order chi connectivity index (χ1) is 17.9. The third-order valence-corrected chi connectivity index (χ3v) is 11.2. The molecule has 2 unspecified atom stereocenters. The first-order valence-corrected chi connectivity index (χ1v) is 15.0. The molecule has 1 N–H and O–H groups in total. The summed E-state index contributed by atoms with van der Waals surface area (Å²) >= 11 is 1.66. The average Bonchev–Trinajstić information content (AvgIpc) is 3.55. The normalized spacial score (nSPS) is 32.6. The highest BCUT2D eigenvalue weighted by molar-refractivity contribution is 8.02. The molecule has 3 saturated heterocycles. The van der Waals surface area contributed by atoms with Crippen molar-refractivity contribution >= 4 is 29.5 Å². The number of esters is 1. The van der Waals surface area contributed by atoms with E-state index in [1.54, 1.807) is 28.8 Å². The molecule has 1 aliphatic carbocycles. The van der Waals surface area contributed by atoms with Gasteiger partial charge in [0.1, 0.15) is 6.04 Å². The van der Waals surface area contributed by atoms with Crippen molar-refractivity contribution in [1.82, 2.24) is 9.80 Å². The average molecular weight is 533 g/mol. The highest BCUT2D eigenvalue weighted by atomic mass is 32.2. The summed E-state index contributed by atoms with van der Waals surface area (Å²) in [5.41, 5.74) is 0. The van der Waals surface area contributed by atoms with E-state index in [2.05, 4.69) is 13.2 Å². The van der Waals surface area contributed by atoms with Crippen molar-refractivity contribution < 1.29 is 24.2 Å². The Labute approximate surface area is 226 Å². The fourth-order valence-electron chi connectivity index (χ4n) is 7.26. The second kappa shape index (κ2) is 11.9. The van der Waals surface area contributed by atoms with E-state index in [1.807, 2.05) is 18.7 Å². The quantitative estimate of drug-likeness (QED) is 0.233. The van der Waals surface area contributed by atoms with E-state index >= 15 is 0 Å². The molecule has 206 valence electrons. The molecule has 1 spiro atoms. The summed E-state index contributed by atoms with van der Waals surface area (Å²) in [6.07, 6.45) is 11.6. The minimum absolute atomic E-state index is 0.0159. The third-order valence-electron chi connectivity index (χ3n) is 9.28. The molecule has 1 saturated carbocycles. The number of carbonyl (C=O) groups excluding carboxylic acids is 3. The van der Waals surface area contributed by atoms with Gasteiger partial charge in [0.15, 0.2) is 0 Å². The van der Waals surface area contributed by atoms with Crippen molar-refractivity contribution in [2.24, 2.45) is 17.8 Å². The zero-order valence-corrected chi connectivity index (χ0v) is 23.3. The van der Waals surface area contributed by atoms with E-state index in [0.717, 1.165) is 38.5 Å². The maximum absolute atomic E-state index is 14.6. The number of thioether (sulfide) groups is 1. The SMILES string of the molecule is C=CCCOC(=O)[C@@H]1[C@H]2C(=O)N([C@@H](CO)[C@@H](C)CC)C(C(=O)N(CC=C)C3CCCCC3)C23CC[C@H]1S3. The van der Waals surface area contributed by atoms with Crippen LogP contribution in [0, 0.1) is 17.8 Å². The van der Waals surface area contributed by atoms with Gasteiger partial charge < -0.3 is 19.6 Å². The third kappa shape index (κ3) is 4.88. The summed E-state index contributed by atoms with van der Waals surface area (Å²) in [6.45, 7) is 12.2. The van der Waals surface area contributed by atoms with Gasteiger partial charge in [0, 0.05) is 17.8 Å². The summed E-state index contributed by atoms with van der Waals surface area (Å²) in [6, 6.07) is -1.04. The van der Waals surface area contributed by atoms with Crippen LogP contribution in [0.4, 0.5) is 0 Å². The fraction of sp³-hybridized carbons (Fsp3) is 0.759. The number of hydrogen-bond acceptors (Lipinski definition) is 6. The van der Waals surface area contributed by atoms with Crippen LogP contribution < -0.4 is 0 Å². The number of nitrogens with zero attached hydrogens (tertiary/aromatic N) is 2. The lowest BCUT2D eigenvalue weighted by Gasteiger charge is -2.43.